The van der Waals surface area contributed by atoms with Crippen molar-refractivity contribution in [2.45, 2.75) is 26.1 Å². The van der Waals surface area contributed by atoms with Crippen molar-refractivity contribution in [3.63, 3.8) is 0 Å². The highest BCUT2D eigenvalue weighted by Gasteiger charge is 2.27. The molecule has 1 fully saturated rings. The van der Waals surface area contributed by atoms with Gasteiger partial charge in [0.15, 0.2) is 0 Å². The molecule has 1 heterocycles. The predicted molar refractivity (Wildman–Crippen MR) is 111 cm³/mol. The lowest BCUT2D eigenvalue weighted by Crippen LogP contribution is -2.53. The van der Waals surface area contributed by atoms with Crippen LogP contribution in [-0.2, 0) is 17.9 Å². The number of benzene rings is 2. The minimum Gasteiger partial charge on any atom is -0.340 e. The molecule has 1 atom stereocenters. The van der Waals surface area contributed by atoms with Gasteiger partial charge < -0.3 is 4.90 Å². The van der Waals surface area contributed by atoms with E-state index in [0.717, 1.165) is 43.3 Å². The first kappa shape index (κ1) is 19.9. The smallest absolute Gasteiger partial charge is 0.239 e. The normalized spacial score (nSPS) is 16.9. The summed E-state index contributed by atoms with van der Waals surface area (Å²) in [5.41, 5.74) is 2.44. The van der Waals surface area contributed by atoms with Crippen molar-refractivity contribution < 1.29 is 4.79 Å². The van der Waals surface area contributed by atoms with E-state index in [-0.39, 0.29) is 11.9 Å². The zero-order valence-electron chi connectivity index (χ0n) is 16.1. The van der Waals surface area contributed by atoms with Gasteiger partial charge in [0.25, 0.3) is 0 Å². The van der Waals surface area contributed by atoms with Gasteiger partial charge in [-0.05, 0) is 30.2 Å². The van der Waals surface area contributed by atoms with Crippen LogP contribution in [0.3, 0.4) is 0 Å². The van der Waals surface area contributed by atoms with Crippen LogP contribution in [0.2, 0.25) is 5.02 Å². The van der Waals surface area contributed by atoms with Crippen LogP contribution in [-0.4, -0.2) is 59.9 Å². The van der Waals surface area contributed by atoms with Crippen molar-refractivity contribution in [2.24, 2.45) is 0 Å². The lowest BCUT2D eigenvalue weighted by molar-refractivity contribution is -0.136. The summed E-state index contributed by atoms with van der Waals surface area (Å²) in [6, 6.07) is 18.1. The number of piperazine rings is 1. The Bertz CT molecular complexity index is 727. The summed E-state index contributed by atoms with van der Waals surface area (Å²) < 4.78 is 0. The molecule has 5 heteroatoms. The van der Waals surface area contributed by atoms with Gasteiger partial charge in [0.05, 0.1) is 6.04 Å². The Balaban J connectivity index is 1.48. The third-order valence-corrected chi connectivity index (χ3v) is 5.52. The first-order valence-electron chi connectivity index (χ1n) is 9.52. The summed E-state index contributed by atoms with van der Waals surface area (Å²) >= 11 is 5.96. The molecule has 0 radical (unpaired) electrons. The molecule has 144 valence electrons. The Morgan fingerprint density at radius 1 is 1.00 bits per heavy atom. The molecule has 2 aromatic carbocycles. The van der Waals surface area contributed by atoms with Crippen molar-refractivity contribution in [2.75, 3.05) is 33.2 Å². The van der Waals surface area contributed by atoms with Crippen molar-refractivity contribution in [3.8, 4) is 0 Å². The summed E-state index contributed by atoms with van der Waals surface area (Å²) in [6.07, 6.45) is 0. The number of carbonyl (C=O) groups excluding carboxylic acids is 1. The highest BCUT2D eigenvalue weighted by molar-refractivity contribution is 6.30. The number of nitrogens with zero attached hydrogens (tertiary/aromatic N) is 3. The largest absolute Gasteiger partial charge is 0.340 e. The number of carbonyl (C=O) groups is 1. The molecule has 1 amide bonds. The maximum absolute atomic E-state index is 12.8. The van der Waals surface area contributed by atoms with Gasteiger partial charge in [-0.1, -0.05) is 54.1 Å². The van der Waals surface area contributed by atoms with Gasteiger partial charge in [-0.15, -0.1) is 0 Å². The van der Waals surface area contributed by atoms with E-state index < -0.39 is 0 Å². The number of hydrogen-bond acceptors (Lipinski definition) is 3. The Morgan fingerprint density at radius 2 is 1.63 bits per heavy atom. The third kappa shape index (κ3) is 5.55. The zero-order valence-corrected chi connectivity index (χ0v) is 16.9. The van der Waals surface area contributed by atoms with E-state index in [2.05, 4.69) is 34.1 Å². The molecule has 0 N–H and O–H groups in total. The monoisotopic (exact) mass is 385 g/mol. The van der Waals surface area contributed by atoms with Crippen molar-refractivity contribution in [1.29, 1.82) is 0 Å². The van der Waals surface area contributed by atoms with E-state index in [1.54, 1.807) is 0 Å². The molecule has 3 rings (SSSR count). The number of amides is 1. The summed E-state index contributed by atoms with van der Waals surface area (Å²) in [5, 5.41) is 0.774. The van der Waals surface area contributed by atoms with Crippen molar-refractivity contribution in [3.05, 3.63) is 70.7 Å². The molecule has 1 unspecified atom stereocenters. The van der Waals surface area contributed by atoms with E-state index in [4.69, 9.17) is 11.6 Å². The second-order valence-corrected chi connectivity index (χ2v) is 7.73. The number of likely N-dealkylation sites (N-methyl/N-ethyl adjacent to an activating group) is 1. The van der Waals surface area contributed by atoms with Crippen LogP contribution in [0.5, 0.6) is 0 Å². The Hall–Kier alpha value is -1.88. The molecular formula is C22H28ClN3O. The molecule has 1 aliphatic rings. The zero-order chi connectivity index (χ0) is 19.2. The first-order valence-corrected chi connectivity index (χ1v) is 9.90. The molecule has 0 bridgehead atoms. The molecule has 0 saturated carbocycles. The van der Waals surface area contributed by atoms with Crippen LogP contribution in [0, 0.1) is 0 Å². The second-order valence-electron chi connectivity index (χ2n) is 7.29. The van der Waals surface area contributed by atoms with Crippen LogP contribution in [0.4, 0.5) is 0 Å². The topological polar surface area (TPSA) is 26.8 Å². The van der Waals surface area contributed by atoms with E-state index in [9.17, 15) is 4.79 Å². The van der Waals surface area contributed by atoms with Crippen molar-refractivity contribution in [1.82, 2.24) is 14.7 Å². The Morgan fingerprint density at radius 3 is 2.26 bits per heavy atom. The van der Waals surface area contributed by atoms with Gasteiger partial charge in [0, 0.05) is 51.3 Å². The maximum atomic E-state index is 12.8. The molecule has 1 saturated heterocycles. The van der Waals surface area contributed by atoms with Gasteiger partial charge >= 0.3 is 0 Å². The highest BCUT2D eigenvalue weighted by atomic mass is 35.5. The summed E-state index contributed by atoms with van der Waals surface area (Å²) in [4.78, 5) is 19.4. The predicted octanol–water partition coefficient (Wildman–Crippen LogP) is 3.50. The summed E-state index contributed by atoms with van der Waals surface area (Å²) in [5.74, 6) is 0.185. The number of halogens is 1. The molecule has 2 aromatic rings. The Labute approximate surface area is 167 Å². The Kier molecular flexibility index (Phi) is 6.89. The van der Waals surface area contributed by atoms with E-state index >= 15 is 0 Å². The average molecular weight is 386 g/mol. The fraction of sp³-hybridized carbons (Fsp3) is 0.409. The number of hydrogen-bond donors (Lipinski definition) is 0. The molecule has 0 spiro atoms. The summed E-state index contributed by atoms with van der Waals surface area (Å²) in [6.45, 7) is 7.39. The molecule has 4 nitrogen and oxygen atoms in total. The maximum Gasteiger partial charge on any atom is 0.239 e. The van der Waals surface area contributed by atoms with E-state index in [0.29, 0.717) is 6.54 Å². The lowest BCUT2D eigenvalue weighted by Gasteiger charge is -2.38. The van der Waals surface area contributed by atoms with Crippen LogP contribution in [0.1, 0.15) is 18.1 Å². The van der Waals surface area contributed by atoms with Crippen LogP contribution in [0.25, 0.3) is 0 Å². The number of rotatable bonds is 6. The molecule has 0 aromatic heterocycles. The molecular weight excluding hydrogens is 358 g/mol. The standard InChI is InChI=1S/C22H28ClN3O/c1-18(22(27)24(2)16-19-6-4-3-5-7-19)26-14-12-25(13-15-26)17-20-8-10-21(23)11-9-20/h3-11,18H,12-17H2,1-2H3. The van der Waals surface area contributed by atoms with E-state index in [1.165, 1.54) is 5.56 Å². The van der Waals surface area contributed by atoms with Crippen molar-refractivity contribution >= 4 is 17.5 Å². The molecule has 0 aliphatic carbocycles. The first-order chi connectivity index (χ1) is 13.0. The lowest BCUT2D eigenvalue weighted by atomic mass is 10.1. The quantitative estimate of drug-likeness (QED) is 0.761. The minimum atomic E-state index is -0.0867. The average Bonchev–Trinajstić information content (AvgIpc) is 2.70. The fourth-order valence-electron chi connectivity index (χ4n) is 3.57. The van der Waals surface area contributed by atoms with Crippen LogP contribution >= 0.6 is 11.6 Å². The minimum absolute atomic E-state index is 0.0867. The second kappa shape index (κ2) is 9.36. The van der Waals surface area contributed by atoms with Crippen LogP contribution in [0.15, 0.2) is 54.6 Å². The van der Waals surface area contributed by atoms with E-state index in [1.807, 2.05) is 49.2 Å². The third-order valence-electron chi connectivity index (χ3n) is 5.27. The highest BCUT2D eigenvalue weighted by Crippen LogP contribution is 2.15. The van der Waals surface area contributed by atoms with Crippen LogP contribution < -0.4 is 0 Å². The molecule has 1 aliphatic heterocycles. The van der Waals surface area contributed by atoms with Gasteiger partial charge in [-0.3, -0.25) is 14.6 Å². The van der Waals surface area contributed by atoms with Gasteiger partial charge in [0.1, 0.15) is 0 Å². The fourth-order valence-corrected chi connectivity index (χ4v) is 3.69. The van der Waals surface area contributed by atoms with Gasteiger partial charge in [-0.25, -0.2) is 0 Å². The van der Waals surface area contributed by atoms with Gasteiger partial charge in [0.2, 0.25) is 5.91 Å². The SMILES string of the molecule is CC(C(=O)N(C)Cc1ccccc1)N1CCN(Cc2ccc(Cl)cc2)CC1. The summed E-state index contributed by atoms with van der Waals surface area (Å²) in [7, 11) is 1.89. The molecule has 27 heavy (non-hydrogen) atoms. The van der Waals surface area contributed by atoms with Gasteiger partial charge in [-0.2, -0.15) is 0 Å².